The Morgan fingerprint density at radius 2 is 1.87 bits per heavy atom. The number of halogens is 1. The number of nitrogens with one attached hydrogen (secondary N) is 2. The number of carbonyl (C=O) groups is 2. The molecular formula is C22H24FN3O5. The summed E-state index contributed by atoms with van der Waals surface area (Å²) in [6.07, 6.45) is -3.58. The number of ether oxygens (including phenoxy) is 1. The Hall–Kier alpha value is -3.01. The Kier molecular flexibility index (Phi) is 6.17. The lowest BCUT2D eigenvalue weighted by Gasteiger charge is -2.21. The molecular weight excluding hydrogens is 405 g/mol. The molecule has 4 rings (SSSR count). The molecule has 9 heteroatoms. The van der Waals surface area contributed by atoms with Crippen LogP contribution in [0.15, 0.2) is 48.5 Å². The zero-order chi connectivity index (χ0) is 22.0. The standard InChI is InChI=1S/C22H24FN3O5/c23-14-5-3-6-15(10-14)25-22(30)24-12-18-21(29)20(28)17(31-18)11-19(27)26-9-8-13-4-1-2-7-16(13)26/h1-7,10,17-18,20-21,28-29H,8-9,11-12H2,(H2,24,25,30)/t17-,18+,20-,21+/m0/s1. The number of para-hydroxylation sites is 1. The van der Waals surface area contributed by atoms with Crippen LogP contribution in [-0.2, 0) is 16.0 Å². The maximum atomic E-state index is 13.2. The number of amides is 3. The van der Waals surface area contributed by atoms with Crippen molar-refractivity contribution in [3.63, 3.8) is 0 Å². The summed E-state index contributed by atoms with van der Waals surface area (Å²) in [6.45, 7) is 0.478. The van der Waals surface area contributed by atoms with Crippen molar-refractivity contribution < 1.29 is 28.9 Å². The van der Waals surface area contributed by atoms with E-state index in [0.717, 1.165) is 17.7 Å². The van der Waals surface area contributed by atoms with Crippen LogP contribution in [0.1, 0.15) is 12.0 Å². The molecule has 2 aliphatic rings. The Morgan fingerprint density at radius 3 is 2.68 bits per heavy atom. The second kappa shape index (κ2) is 9.01. The van der Waals surface area contributed by atoms with Crippen molar-refractivity contribution in [3.05, 3.63) is 59.9 Å². The molecule has 1 saturated heterocycles. The van der Waals surface area contributed by atoms with E-state index in [1.807, 2.05) is 24.3 Å². The highest BCUT2D eigenvalue weighted by Gasteiger charge is 2.44. The zero-order valence-corrected chi connectivity index (χ0v) is 16.7. The molecule has 0 saturated carbocycles. The lowest BCUT2D eigenvalue weighted by atomic mass is 10.0. The third-order valence-corrected chi connectivity index (χ3v) is 5.57. The maximum Gasteiger partial charge on any atom is 0.319 e. The topological polar surface area (TPSA) is 111 Å². The predicted molar refractivity (Wildman–Crippen MR) is 111 cm³/mol. The van der Waals surface area contributed by atoms with Crippen molar-refractivity contribution in [2.24, 2.45) is 0 Å². The second-order valence-electron chi connectivity index (χ2n) is 7.67. The van der Waals surface area contributed by atoms with Crippen molar-refractivity contribution in [3.8, 4) is 0 Å². The highest BCUT2D eigenvalue weighted by atomic mass is 19.1. The number of fused-ring (bicyclic) bond motifs is 1. The van der Waals surface area contributed by atoms with E-state index in [-0.39, 0.29) is 24.6 Å². The van der Waals surface area contributed by atoms with E-state index < -0.39 is 36.3 Å². The first-order valence-electron chi connectivity index (χ1n) is 10.1. The molecule has 3 amide bonds. The van der Waals surface area contributed by atoms with Gasteiger partial charge in [-0.25, -0.2) is 9.18 Å². The molecule has 2 aliphatic heterocycles. The molecule has 164 valence electrons. The van der Waals surface area contributed by atoms with Crippen molar-refractivity contribution in [2.75, 3.05) is 23.3 Å². The van der Waals surface area contributed by atoms with Gasteiger partial charge >= 0.3 is 6.03 Å². The highest BCUT2D eigenvalue weighted by Crippen LogP contribution is 2.30. The van der Waals surface area contributed by atoms with Gasteiger partial charge in [0.1, 0.15) is 24.1 Å². The van der Waals surface area contributed by atoms with Crippen LogP contribution >= 0.6 is 0 Å². The molecule has 1 fully saturated rings. The van der Waals surface area contributed by atoms with E-state index in [4.69, 9.17) is 4.74 Å². The number of rotatable bonds is 5. The number of urea groups is 1. The van der Waals surface area contributed by atoms with Crippen molar-refractivity contribution in [2.45, 2.75) is 37.3 Å². The largest absolute Gasteiger partial charge is 0.388 e. The molecule has 0 radical (unpaired) electrons. The van der Waals surface area contributed by atoms with Crippen LogP contribution in [0.5, 0.6) is 0 Å². The van der Waals surface area contributed by atoms with Gasteiger partial charge in [-0.1, -0.05) is 24.3 Å². The second-order valence-corrected chi connectivity index (χ2v) is 7.67. The van der Waals surface area contributed by atoms with Gasteiger partial charge in [-0.2, -0.15) is 0 Å². The van der Waals surface area contributed by atoms with Gasteiger partial charge in [-0.05, 0) is 36.2 Å². The molecule has 0 aliphatic carbocycles. The Morgan fingerprint density at radius 1 is 1.10 bits per heavy atom. The number of hydrogen-bond acceptors (Lipinski definition) is 5. The van der Waals surface area contributed by atoms with Crippen molar-refractivity contribution >= 4 is 23.3 Å². The first-order valence-corrected chi connectivity index (χ1v) is 10.1. The fourth-order valence-corrected chi connectivity index (χ4v) is 3.98. The summed E-state index contributed by atoms with van der Waals surface area (Å²) in [6, 6.07) is 12.5. The Bertz CT molecular complexity index is 972. The average Bonchev–Trinajstić information content (AvgIpc) is 3.29. The fourth-order valence-electron chi connectivity index (χ4n) is 3.98. The van der Waals surface area contributed by atoms with Crippen LogP contribution < -0.4 is 15.5 Å². The minimum atomic E-state index is -1.25. The monoisotopic (exact) mass is 429 g/mol. The quantitative estimate of drug-likeness (QED) is 0.575. The zero-order valence-electron chi connectivity index (χ0n) is 16.7. The highest BCUT2D eigenvalue weighted by molar-refractivity contribution is 5.95. The minimum Gasteiger partial charge on any atom is -0.388 e. The van der Waals surface area contributed by atoms with Gasteiger partial charge in [-0.3, -0.25) is 4.79 Å². The Balaban J connectivity index is 1.30. The summed E-state index contributed by atoms with van der Waals surface area (Å²) < 4.78 is 18.9. The van der Waals surface area contributed by atoms with Crippen molar-refractivity contribution in [1.82, 2.24) is 5.32 Å². The van der Waals surface area contributed by atoms with Crippen LogP contribution in [0.25, 0.3) is 0 Å². The number of carbonyl (C=O) groups excluding carboxylic acids is 2. The molecule has 4 atom stereocenters. The molecule has 31 heavy (non-hydrogen) atoms. The van der Waals surface area contributed by atoms with Gasteiger partial charge in [0.25, 0.3) is 0 Å². The third-order valence-electron chi connectivity index (χ3n) is 5.57. The summed E-state index contributed by atoms with van der Waals surface area (Å²) >= 11 is 0. The summed E-state index contributed by atoms with van der Waals surface area (Å²) in [7, 11) is 0. The normalized spacial score (nSPS) is 24.7. The Labute approximate surface area is 178 Å². The van der Waals surface area contributed by atoms with Gasteiger partial charge < -0.3 is 30.5 Å². The third kappa shape index (κ3) is 4.68. The van der Waals surface area contributed by atoms with E-state index in [1.165, 1.54) is 24.3 Å². The van der Waals surface area contributed by atoms with Gasteiger partial charge in [0, 0.05) is 24.5 Å². The van der Waals surface area contributed by atoms with Crippen LogP contribution in [0.2, 0.25) is 0 Å². The van der Waals surface area contributed by atoms with Gasteiger partial charge in [0.15, 0.2) is 0 Å². The van der Waals surface area contributed by atoms with E-state index in [2.05, 4.69) is 10.6 Å². The molecule has 0 aromatic heterocycles. The lowest BCUT2D eigenvalue weighted by molar-refractivity contribution is -0.122. The van der Waals surface area contributed by atoms with E-state index >= 15 is 0 Å². The fraction of sp³-hybridized carbons (Fsp3) is 0.364. The summed E-state index contributed by atoms with van der Waals surface area (Å²) in [5.41, 5.74) is 2.22. The van der Waals surface area contributed by atoms with Crippen LogP contribution in [0.3, 0.4) is 0 Å². The van der Waals surface area contributed by atoms with Crippen LogP contribution in [0.4, 0.5) is 20.6 Å². The average molecular weight is 429 g/mol. The maximum absolute atomic E-state index is 13.2. The van der Waals surface area contributed by atoms with Crippen molar-refractivity contribution in [1.29, 1.82) is 0 Å². The number of anilines is 2. The van der Waals surface area contributed by atoms with Gasteiger partial charge in [0.2, 0.25) is 5.91 Å². The van der Waals surface area contributed by atoms with E-state index in [0.29, 0.717) is 6.54 Å². The molecule has 2 aromatic carbocycles. The van der Waals surface area contributed by atoms with Crippen LogP contribution in [0, 0.1) is 5.82 Å². The number of hydrogen-bond donors (Lipinski definition) is 4. The van der Waals surface area contributed by atoms with E-state index in [9.17, 15) is 24.2 Å². The first-order chi connectivity index (χ1) is 14.9. The summed E-state index contributed by atoms with van der Waals surface area (Å²) in [5.74, 6) is -0.678. The number of nitrogens with zero attached hydrogens (tertiary/aromatic N) is 1. The summed E-state index contributed by atoms with van der Waals surface area (Å²) in [5, 5.41) is 25.6. The first kappa shape index (κ1) is 21.2. The SMILES string of the molecule is O=C(NC[C@H]1O[C@@H](CC(=O)N2CCc3ccccc32)[C@H](O)[C@@H]1O)Nc1cccc(F)c1. The molecule has 2 aromatic rings. The minimum absolute atomic E-state index is 0.0848. The number of benzene rings is 2. The lowest BCUT2D eigenvalue weighted by Crippen LogP contribution is -2.41. The predicted octanol–water partition coefficient (Wildman–Crippen LogP) is 1.42. The molecule has 8 nitrogen and oxygen atoms in total. The molecule has 0 unspecified atom stereocenters. The molecule has 4 N–H and O–H groups in total. The van der Waals surface area contributed by atoms with Gasteiger partial charge in [0.05, 0.1) is 12.5 Å². The molecule has 2 heterocycles. The van der Waals surface area contributed by atoms with Gasteiger partial charge in [-0.15, -0.1) is 0 Å². The number of aliphatic hydroxyl groups is 2. The van der Waals surface area contributed by atoms with Crippen LogP contribution in [-0.4, -0.2) is 59.7 Å². The smallest absolute Gasteiger partial charge is 0.319 e. The van der Waals surface area contributed by atoms with E-state index in [1.54, 1.807) is 4.90 Å². The number of aliphatic hydroxyl groups excluding tert-OH is 2. The molecule has 0 bridgehead atoms. The summed E-state index contributed by atoms with van der Waals surface area (Å²) in [4.78, 5) is 26.4. The molecule has 0 spiro atoms.